The Hall–Kier alpha value is -1.89. The van der Waals surface area contributed by atoms with E-state index in [2.05, 4.69) is 20.9 Å². The zero-order chi connectivity index (χ0) is 14.0. The highest BCUT2D eigenvalue weighted by Gasteiger charge is 2.12. The summed E-state index contributed by atoms with van der Waals surface area (Å²) in [5.74, 6) is -0.520. The van der Waals surface area contributed by atoms with Gasteiger partial charge in [0.05, 0.1) is 18.1 Å². The van der Waals surface area contributed by atoms with E-state index in [-0.39, 0.29) is 22.3 Å². The van der Waals surface area contributed by atoms with Gasteiger partial charge in [0.15, 0.2) is 11.6 Å². The van der Waals surface area contributed by atoms with Crippen LogP contribution in [0.4, 0.5) is 4.39 Å². The molecule has 1 aromatic heterocycles. The fourth-order valence-corrected chi connectivity index (χ4v) is 1.96. The number of hydrogen-bond donors (Lipinski definition) is 1. The van der Waals surface area contributed by atoms with Gasteiger partial charge in [-0.2, -0.15) is 0 Å². The van der Waals surface area contributed by atoms with Crippen molar-refractivity contribution in [3.63, 3.8) is 0 Å². The lowest BCUT2D eigenvalue weighted by atomic mass is 10.2. The van der Waals surface area contributed by atoms with Crippen LogP contribution in [0.15, 0.2) is 38.5 Å². The molecule has 0 radical (unpaired) electrons. The second-order valence-corrected chi connectivity index (χ2v) is 4.62. The van der Waals surface area contributed by atoms with E-state index >= 15 is 0 Å². The third-order valence-electron chi connectivity index (χ3n) is 2.61. The fourth-order valence-electron chi connectivity index (χ4n) is 1.64. The molecule has 0 aliphatic carbocycles. The molecule has 0 amide bonds. The SMILES string of the molecule is COc1cccc(Cn2c(=O)[nH]cc(Br)c2=O)c1F. The number of halogens is 2. The summed E-state index contributed by atoms with van der Waals surface area (Å²) in [6.07, 6.45) is 1.25. The van der Waals surface area contributed by atoms with Gasteiger partial charge in [0.25, 0.3) is 5.56 Å². The summed E-state index contributed by atoms with van der Waals surface area (Å²) in [5.41, 5.74) is -0.925. The van der Waals surface area contributed by atoms with E-state index in [0.717, 1.165) is 4.57 Å². The third kappa shape index (κ3) is 2.60. The summed E-state index contributed by atoms with van der Waals surface area (Å²) in [4.78, 5) is 25.8. The number of benzene rings is 1. The molecule has 0 unspecified atom stereocenters. The molecule has 1 heterocycles. The summed E-state index contributed by atoms with van der Waals surface area (Å²) in [5, 5.41) is 0. The zero-order valence-electron chi connectivity index (χ0n) is 9.94. The van der Waals surface area contributed by atoms with Crippen LogP contribution in [0.5, 0.6) is 5.75 Å². The predicted octanol–water partition coefficient (Wildman–Crippen LogP) is 1.50. The number of ether oxygens (including phenoxy) is 1. The topological polar surface area (TPSA) is 64.1 Å². The molecule has 100 valence electrons. The highest BCUT2D eigenvalue weighted by molar-refractivity contribution is 9.10. The van der Waals surface area contributed by atoms with Gasteiger partial charge in [-0.3, -0.25) is 9.36 Å². The first-order chi connectivity index (χ1) is 9.04. The van der Waals surface area contributed by atoms with Gasteiger partial charge in [0, 0.05) is 11.8 Å². The molecule has 0 aliphatic heterocycles. The Morgan fingerprint density at radius 3 is 2.84 bits per heavy atom. The van der Waals surface area contributed by atoms with Crippen molar-refractivity contribution in [1.29, 1.82) is 0 Å². The minimum absolute atomic E-state index is 0.0666. The van der Waals surface area contributed by atoms with Crippen molar-refractivity contribution < 1.29 is 9.13 Å². The molecule has 0 saturated heterocycles. The standard InChI is InChI=1S/C12H10BrFN2O3/c1-19-9-4-2-3-7(10(9)14)6-16-11(17)8(13)5-15-12(16)18/h2-5H,6H2,1H3,(H,15,18). The Labute approximate surface area is 115 Å². The summed E-state index contributed by atoms with van der Waals surface area (Å²) in [6.45, 7) is -0.170. The first kappa shape index (κ1) is 13.5. The van der Waals surface area contributed by atoms with Crippen LogP contribution < -0.4 is 16.0 Å². The van der Waals surface area contributed by atoms with Gasteiger partial charge in [-0.15, -0.1) is 0 Å². The molecule has 1 aromatic carbocycles. The van der Waals surface area contributed by atoms with Crippen molar-refractivity contribution in [2.75, 3.05) is 7.11 Å². The molecule has 0 saturated carbocycles. The molecule has 0 bridgehead atoms. The Morgan fingerprint density at radius 1 is 1.42 bits per heavy atom. The molecule has 2 rings (SSSR count). The fraction of sp³-hybridized carbons (Fsp3) is 0.167. The number of aromatic amines is 1. The number of rotatable bonds is 3. The van der Waals surface area contributed by atoms with Crippen molar-refractivity contribution in [2.24, 2.45) is 0 Å². The van der Waals surface area contributed by atoms with Crippen molar-refractivity contribution in [2.45, 2.75) is 6.54 Å². The van der Waals surface area contributed by atoms with Gasteiger partial charge < -0.3 is 9.72 Å². The molecule has 1 N–H and O–H groups in total. The van der Waals surface area contributed by atoms with E-state index in [9.17, 15) is 14.0 Å². The minimum atomic E-state index is -0.601. The summed E-state index contributed by atoms with van der Waals surface area (Å²) in [7, 11) is 1.35. The number of hydrogen-bond acceptors (Lipinski definition) is 3. The monoisotopic (exact) mass is 328 g/mol. The number of methoxy groups -OCH3 is 1. The highest BCUT2D eigenvalue weighted by Crippen LogP contribution is 2.20. The smallest absolute Gasteiger partial charge is 0.328 e. The van der Waals surface area contributed by atoms with Gasteiger partial charge in [0.2, 0.25) is 0 Å². The van der Waals surface area contributed by atoms with Gasteiger partial charge in [-0.25, -0.2) is 9.18 Å². The minimum Gasteiger partial charge on any atom is -0.494 e. The maximum Gasteiger partial charge on any atom is 0.328 e. The Balaban J connectivity index is 2.51. The third-order valence-corrected chi connectivity index (χ3v) is 3.18. The maximum atomic E-state index is 14.0. The van der Waals surface area contributed by atoms with Gasteiger partial charge in [-0.05, 0) is 22.0 Å². The van der Waals surface area contributed by atoms with Gasteiger partial charge in [-0.1, -0.05) is 12.1 Å². The molecule has 19 heavy (non-hydrogen) atoms. The second-order valence-electron chi connectivity index (χ2n) is 3.77. The van der Waals surface area contributed by atoms with E-state index in [0.29, 0.717) is 0 Å². The zero-order valence-corrected chi connectivity index (χ0v) is 11.5. The number of nitrogens with zero attached hydrogens (tertiary/aromatic N) is 1. The van der Waals surface area contributed by atoms with Crippen LogP contribution >= 0.6 is 15.9 Å². The first-order valence-corrected chi connectivity index (χ1v) is 6.13. The van der Waals surface area contributed by atoms with Crippen molar-refractivity contribution in [3.8, 4) is 5.75 Å². The quantitative estimate of drug-likeness (QED) is 0.928. The highest BCUT2D eigenvalue weighted by atomic mass is 79.9. The molecule has 2 aromatic rings. The number of H-pyrrole nitrogens is 1. The largest absolute Gasteiger partial charge is 0.494 e. The van der Waals surface area contributed by atoms with E-state index in [4.69, 9.17) is 4.74 Å². The van der Waals surface area contributed by atoms with Gasteiger partial charge in [0.1, 0.15) is 0 Å². The second kappa shape index (κ2) is 5.40. The number of aromatic nitrogens is 2. The van der Waals surface area contributed by atoms with E-state index in [1.165, 1.54) is 25.4 Å². The Bertz CT molecular complexity index is 724. The molecule has 7 heteroatoms. The molecule has 5 nitrogen and oxygen atoms in total. The molecule has 0 spiro atoms. The lowest BCUT2D eigenvalue weighted by molar-refractivity contribution is 0.383. The lowest BCUT2D eigenvalue weighted by Crippen LogP contribution is -2.35. The summed E-state index contributed by atoms with van der Waals surface area (Å²) in [6, 6.07) is 4.55. The molecular weight excluding hydrogens is 319 g/mol. The average Bonchev–Trinajstić information content (AvgIpc) is 2.41. The summed E-state index contributed by atoms with van der Waals surface area (Å²) >= 11 is 3.02. The van der Waals surface area contributed by atoms with Crippen LogP contribution in [-0.2, 0) is 6.54 Å². The Kier molecular flexibility index (Phi) is 3.84. The molecule has 0 fully saturated rings. The van der Waals surface area contributed by atoms with Crippen molar-refractivity contribution >= 4 is 15.9 Å². The van der Waals surface area contributed by atoms with E-state index < -0.39 is 17.1 Å². The van der Waals surface area contributed by atoms with Crippen LogP contribution in [0.2, 0.25) is 0 Å². The molecule has 0 aliphatic rings. The summed E-state index contributed by atoms with van der Waals surface area (Å²) < 4.78 is 19.9. The average molecular weight is 329 g/mol. The van der Waals surface area contributed by atoms with Gasteiger partial charge >= 0.3 is 5.69 Å². The van der Waals surface area contributed by atoms with Crippen LogP contribution in [0.1, 0.15) is 5.56 Å². The maximum absolute atomic E-state index is 14.0. The van der Waals surface area contributed by atoms with Crippen molar-refractivity contribution in [1.82, 2.24) is 9.55 Å². The normalized spacial score (nSPS) is 10.5. The van der Waals surface area contributed by atoms with E-state index in [1.54, 1.807) is 6.07 Å². The lowest BCUT2D eigenvalue weighted by Gasteiger charge is -2.08. The van der Waals surface area contributed by atoms with Crippen LogP contribution in [-0.4, -0.2) is 16.7 Å². The molecular formula is C12H10BrFN2O3. The Morgan fingerprint density at radius 2 is 2.16 bits per heavy atom. The van der Waals surface area contributed by atoms with Crippen LogP contribution in [0.25, 0.3) is 0 Å². The number of nitrogens with one attached hydrogen (secondary N) is 1. The predicted molar refractivity (Wildman–Crippen MR) is 71.1 cm³/mol. The van der Waals surface area contributed by atoms with Crippen molar-refractivity contribution in [3.05, 3.63) is 61.1 Å². The van der Waals surface area contributed by atoms with Crippen LogP contribution in [0, 0.1) is 5.82 Å². The van der Waals surface area contributed by atoms with E-state index in [1.807, 2.05) is 0 Å². The van der Waals surface area contributed by atoms with Crippen LogP contribution in [0.3, 0.4) is 0 Å². The first-order valence-electron chi connectivity index (χ1n) is 5.34. The molecule has 0 atom stereocenters.